The van der Waals surface area contributed by atoms with Gasteiger partial charge >= 0.3 is 6.18 Å². The standard InChI is InChI=1S/C16H16ClF3N2O2S2/c1-11-10-21(13-5-3-2-4-12(13)16(18,19)20)8-9-22(11)26(23,24)15-7-6-14(17)25-15/h2-7,11H,8-10H2,1H3/t11-/m1/s1. The summed E-state index contributed by atoms with van der Waals surface area (Å²) in [4.78, 5) is 1.58. The van der Waals surface area contributed by atoms with E-state index < -0.39 is 27.8 Å². The van der Waals surface area contributed by atoms with Gasteiger partial charge in [-0.2, -0.15) is 17.5 Å². The number of benzene rings is 1. The molecule has 1 saturated heterocycles. The van der Waals surface area contributed by atoms with Crippen molar-refractivity contribution >= 4 is 38.6 Å². The molecule has 1 aliphatic heterocycles. The van der Waals surface area contributed by atoms with Crippen molar-refractivity contribution in [3.05, 3.63) is 46.3 Å². The first kappa shape index (κ1) is 19.5. The molecule has 1 atom stereocenters. The van der Waals surface area contributed by atoms with Crippen molar-refractivity contribution in [2.24, 2.45) is 0 Å². The summed E-state index contributed by atoms with van der Waals surface area (Å²) in [5, 5.41) is 0. The lowest BCUT2D eigenvalue weighted by molar-refractivity contribution is -0.137. The Bertz CT molecular complexity index is 899. The molecule has 0 N–H and O–H groups in total. The van der Waals surface area contributed by atoms with Crippen LogP contribution in [0, 0.1) is 0 Å². The minimum atomic E-state index is -4.46. The van der Waals surface area contributed by atoms with Crippen molar-refractivity contribution in [2.45, 2.75) is 23.4 Å². The van der Waals surface area contributed by atoms with Gasteiger partial charge in [0, 0.05) is 31.4 Å². The lowest BCUT2D eigenvalue weighted by atomic mass is 10.1. The highest BCUT2D eigenvalue weighted by Crippen LogP contribution is 2.38. The largest absolute Gasteiger partial charge is 0.418 e. The third-order valence-electron chi connectivity index (χ3n) is 4.23. The van der Waals surface area contributed by atoms with Gasteiger partial charge in [0.05, 0.1) is 9.90 Å². The molecule has 2 aromatic rings. The molecule has 142 valence electrons. The molecule has 4 nitrogen and oxygen atoms in total. The van der Waals surface area contributed by atoms with E-state index in [-0.39, 0.29) is 29.5 Å². The first-order valence-corrected chi connectivity index (χ1v) is 10.4. The third-order valence-corrected chi connectivity index (χ3v) is 7.94. The molecule has 0 bridgehead atoms. The van der Waals surface area contributed by atoms with Crippen LogP contribution in [-0.4, -0.2) is 38.4 Å². The molecule has 0 spiro atoms. The Balaban J connectivity index is 1.84. The fourth-order valence-electron chi connectivity index (χ4n) is 3.06. The quantitative estimate of drug-likeness (QED) is 0.736. The van der Waals surface area contributed by atoms with Crippen molar-refractivity contribution < 1.29 is 21.6 Å². The zero-order valence-electron chi connectivity index (χ0n) is 13.7. The van der Waals surface area contributed by atoms with E-state index in [1.165, 1.54) is 28.6 Å². The number of sulfonamides is 1. The Hall–Kier alpha value is -1.29. The molecule has 2 heterocycles. The van der Waals surface area contributed by atoms with Crippen LogP contribution >= 0.6 is 22.9 Å². The van der Waals surface area contributed by atoms with Crippen LogP contribution in [0.3, 0.4) is 0 Å². The molecule has 0 aliphatic carbocycles. The molecule has 26 heavy (non-hydrogen) atoms. The minimum Gasteiger partial charge on any atom is -0.368 e. The monoisotopic (exact) mass is 424 g/mol. The van der Waals surface area contributed by atoms with Crippen LogP contribution in [0.25, 0.3) is 0 Å². The van der Waals surface area contributed by atoms with E-state index in [0.29, 0.717) is 4.34 Å². The van der Waals surface area contributed by atoms with Crippen molar-refractivity contribution in [2.75, 3.05) is 24.5 Å². The number of anilines is 1. The zero-order chi connectivity index (χ0) is 19.1. The van der Waals surface area contributed by atoms with Gasteiger partial charge in [0.2, 0.25) is 0 Å². The van der Waals surface area contributed by atoms with Crippen LogP contribution in [-0.2, 0) is 16.2 Å². The molecule has 0 radical (unpaired) electrons. The van der Waals surface area contributed by atoms with Crippen LogP contribution in [0.1, 0.15) is 12.5 Å². The molecule has 1 aromatic carbocycles. The molecule has 0 saturated carbocycles. The van der Waals surface area contributed by atoms with Crippen molar-refractivity contribution in [3.63, 3.8) is 0 Å². The SMILES string of the molecule is C[C@@H]1CN(c2ccccc2C(F)(F)F)CCN1S(=O)(=O)c1ccc(Cl)s1. The number of rotatable bonds is 3. The van der Waals surface area contributed by atoms with Gasteiger partial charge in [-0.3, -0.25) is 0 Å². The number of hydrogen-bond donors (Lipinski definition) is 0. The highest BCUT2D eigenvalue weighted by Gasteiger charge is 2.38. The van der Waals surface area contributed by atoms with Gasteiger partial charge in [-0.25, -0.2) is 8.42 Å². The Labute approximate surface area is 158 Å². The summed E-state index contributed by atoms with van der Waals surface area (Å²) in [5.74, 6) is 0. The smallest absolute Gasteiger partial charge is 0.368 e. The number of nitrogens with zero attached hydrogens (tertiary/aromatic N) is 2. The Morgan fingerprint density at radius 1 is 1.15 bits per heavy atom. The summed E-state index contributed by atoms with van der Waals surface area (Å²) in [7, 11) is -3.72. The average molecular weight is 425 g/mol. The van der Waals surface area contributed by atoms with Crippen LogP contribution in [0.5, 0.6) is 0 Å². The van der Waals surface area contributed by atoms with Crippen LogP contribution in [0.15, 0.2) is 40.6 Å². The number of thiophene rings is 1. The molecular weight excluding hydrogens is 409 g/mol. The van der Waals surface area contributed by atoms with Crippen LogP contribution in [0.2, 0.25) is 4.34 Å². The molecule has 3 rings (SSSR count). The molecule has 10 heteroatoms. The van der Waals surface area contributed by atoms with Crippen molar-refractivity contribution in [3.8, 4) is 0 Å². The highest BCUT2D eigenvalue weighted by molar-refractivity contribution is 7.91. The Morgan fingerprint density at radius 3 is 2.42 bits per heavy atom. The van der Waals surface area contributed by atoms with E-state index in [4.69, 9.17) is 11.6 Å². The fraction of sp³-hybridized carbons (Fsp3) is 0.375. The second-order valence-corrected chi connectivity index (χ2v) is 9.82. The number of piperazine rings is 1. The lowest BCUT2D eigenvalue weighted by Crippen LogP contribution is -2.54. The normalized spacial score (nSPS) is 19.7. The summed E-state index contributed by atoms with van der Waals surface area (Å²) in [5.41, 5.74) is -0.642. The summed E-state index contributed by atoms with van der Waals surface area (Å²) < 4.78 is 67.1. The van der Waals surface area contributed by atoms with Gasteiger partial charge in [0.1, 0.15) is 4.21 Å². The molecule has 0 unspecified atom stereocenters. The van der Waals surface area contributed by atoms with E-state index in [2.05, 4.69) is 0 Å². The number of alkyl halides is 3. The van der Waals surface area contributed by atoms with E-state index in [1.807, 2.05) is 0 Å². The number of hydrogen-bond acceptors (Lipinski definition) is 4. The molecular formula is C16H16ClF3N2O2S2. The predicted molar refractivity (Wildman–Crippen MR) is 96.3 cm³/mol. The summed E-state index contributed by atoms with van der Waals surface area (Å²) >= 11 is 6.79. The van der Waals surface area contributed by atoms with Gasteiger partial charge in [-0.15, -0.1) is 11.3 Å². The van der Waals surface area contributed by atoms with E-state index in [9.17, 15) is 21.6 Å². The zero-order valence-corrected chi connectivity index (χ0v) is 16.1. The van der Waals surface area contributed by atoms with Crippen molar-refractivity contribution in [1.29, 1.82) is 0 Å². The number of para-hydroxylation sites is 1. The highest BCUT2D eigenvalue weighted by atomic mass is 35.5. The third kappa shape index (κ3) is 3.71. The van der Waals surface area contributed by atoms with Crippen molar-refractivity contribution in [1.82, 2.24) is 4.31 Å². The molecule has 1 fully saturated rings. The first-order valence-electron chi connectivity index (χ1n) is 7.79. The first-order chi connectivity index (χ1) is 12.1. The second-order valence-electron chi connectivity index (χ2n) is 5.98. The van der Waals surface area contributed by atoms with Gasteiger partial charge in [-0.05, 0) is 31.2 Å². The Morgan fingerprint density at radius 2 is 1.85 bits per heavy atom. The maximum Gasteiger partial charge on any atom is 0.418 e. The summed E-state index contributed by atoms with van der Waals surface area (Å²) in [6.45, 7) is 2.14. The number of halogens is 4. The summed E-state index contributed by atoms with van der Waals surface area (Å²) in [6, 6.07) is 7.83. The van der Waals surface area contributed by atoms with E-state index >= 15 is 0 Å². The van der Waals surface area contributed by atoms with Crippen LogP contribution in [0.4, 0.5) is 18.9 Å². The van der Waals surface area contributed by atoms with Gasteiger partial charge in [-0.1, -0.05) is 23.7 Å². The molecule has 0 amide bonds. The van der Waals surface area contributed by atoms with Gasteiger partial charge in [0.15, 0.2) is 0 Å². The van der Waals surface area contributed by atoms with Gasteiger partial charge < -0.3 is 4.90 Å². The van der Waals surface area contributed by atoms with E-state index in [1.54, 1.807) is 17.9 Å². The summed E-state index contributed by atoms with van der Waals surface area (Å²) in [6.07, 6.45) is -4.46. The predicted octanol–water partition coefficient (Wildman–Crippen LogP) is 4.32. The second kappa shape index (κ2) is 7.03. The van der Waals surface area contributed by atoms with Crippen LogP contribution < -0.4 is 4.90 Å². The van der Waals surface area contributed by atoms with Gasteiger partial charge in [0.25, 0.3) is 10.0 Å². The fourth-order valence-corrected chi connectivity index (χ4v) is 6.28. The molecule has 1 aliphatic rings. The average Bonchev–Trinajstić information content (AvgIpc) is 3.01. The maximum absolute atomic E-state index is 13.2. The maximum atomic E-state index is 13.2. The lowest BCUT2D eigenvalue weighted by Gasteiger charge is -2.40. The Kier molecular flexibility index (Phi) is 5.26. The topological polar surface area (TPSA) is 40.6 Å². The minimum absolute atomic E-state index is 0.0723. The van der Waals surface area contributed by atoms with E-state index in [0.717, 1.165) is 17.4 Å². The molecule has 1 aromatic heterocycles.